The van der Waals surface area contributed by atoms with E-state index in [1.54, 1.807) is 7.11 Å². The van der Waals surface area contributed by atoms with Crippen LogP contribution in [0.2, 0.25) is 0 Å². The van der Waals surface area contributed by atoms with Crippen molar-refractivity contribution in [3.05, 3.63) is 21.9 Å². The first-order valence-corrected chi connectivity index (χ1v) is 5.95. The zero-order valence-corrected chi connectivity index (χ0v) is 9.82. The van der Waals surface area contributed by atoms with Gasteiger partial charge in [-0.15, -0.1) is 11.3 Å². The van der Waals surface area contributed by atoms with Gasteiger partial charge in [0.1, 0.15) is 0 Å². The van der Waals surface area contributed by atoms with Gasteiger partial charge in [0.25, 0.3) is 0 Å². The van der Waals surface area contributed by atoms with E-state index >= 15 is 0 Å². The number of hydrogen-bond donors (Lipinski definition) is 1. The highest BCUT2D eigenvalue weighted by Gasteiger charge is 1.98. The van der Waals surface area contributed by atoms with E-state index in [9.17, 15) is 0 Å². The van der Waals surface area contributed by atoms with Gasteiger partial charge in [0, 0.05) is 18.5 Å². The largest absolute Gasteiger partial charge is 0.383 e. The van der Waals surface area contributed by atoms with Crippen LogP contribution in [0, 0.1) is 6.92 Å². The Morgan fingerprint density at radius 3 is 2.93 bits per heavy atom. The predicted octanol–water partition coefficient (Wildman–Crippen LogP) is 2.23. The lowest BCUT2D eigenvalue weighted by atomic mass is 10.1. The van der Waals surface area contributed by atoms with Gasteiger partial charge in [-0.2, -0.15) is 0 Å². The topological polar surface area (TPSA) is 21.3 Å². The van der Waals surface area contributed by atoms with E-state index in [1.165, 1.54) is 23.3 Å². The van der Waals surface area contributed by atoms with Gasteiger partial charge in [0.15, 0.2) is 0 Å². The number of ether oxygens (including phenoxy) is 1. The fourth-order valence-electron chi connectivity index (χ4n) is 1.37. The molecule has 1 rings (SSSR count). The Morgan fingerprint density at radius 1 is 1.43 bits per heavy atom. The highest BCUT2D eigenvalue weighted by atomic mass is 32.1. The number of aryl methyl sites for hydroxylation is 2. The summed E-state index contributed by atoms with van der Waals surface area (Å²) in [6.07, 6.45) is 2.40. The lowest BCUT2D eigenvalue weighted by molar-refractivity contribution is 0.199. The van der Waals surface area contributed by atoms with Crippen molar-refractivity contribution < 1.29 is 4.74 Å². The van der Waals surface area contributed by atoms with Crippen molar-refractivity contribution in [3.63, 3.8) is 0 Å². The molecule has 80 valence electrons. The van der Waals surface area contributed by atoms with E-state index < -0.39 is 0 Å². The fraction of sp³-hybridized carbons (Fsp3) is 0.636. The third-order valence-corrected chi connectivity index (χ3v) is 3.14. The molecule has 0 unspecified atom stereocenters. The van der Waals surface area contributed by atoms with E-state index in [4.69, 9.17) is 4.74 Å². The Labute approximate surface area is 90.3 Å². The van der Waals surface area contributed by atoms with E-state index in [-0.39, 0.29) is 0 Å². The molecule has 0 saturated carbocycles. The molecule has 0 radical (unpaired) electrons. The predicted molar refractivity (Wildman–Crippen MR) is 62.1 cm³/mol. The molecule has 1 heterocycles. The molecule has 0 aliphatic carbocycles. The van der Waals surface area contributed by atoms with Crippen LogP contribution in [0.5, 0.6) is 0 Å². The Balaban J connectivity index is 2.02. The van der Waals surface area contributed by atoms with Crippen LogP contribution in [0.15, 0.2) is 11.4 Å². The first kappa shape index (κ1) is 11.7. The average molecular weight is 213 g/mol. The molecule has 0 atom stereocenters. The monoisotopic (exact) mass is 213 g/mol. The molecule has 0 fully saturated rings. The Hall–Kier alpha value is -0.380. The molecule has 1 N–H and O–H groups in total. The minimum Gasteiger partial charge on any atom is -0.383 e. The van der Waals surface area contributed by atoms with Crippen molar-refractivity contribution in [2.75, 3.05) is 26.8 Å². The zero-order valence-electron chi connectivity index (χ0n) is 9.01. The second-order valence-electron chi connectivity index (χ2n) is 3.35. The summed E-state index contributed by atoms with van der Waals surface area (Å²) in [5.41, 5.74) is 1.50. The Morgan fingerprint density at radius 2 is 2.29 bits per heavy atom. The number of rotatable bonds is 7. The molecule has 0 aromatic carbocycles. The maximum Gasteiger partial charge on any atom is 0.0587 e. The molecule has 3 heteroatoms. The van der Waals surface area contributed by atoms with Gasteiger partial charge in [-0.25, -0.2) is 0 Å². The van der Waals surface area contributed by atoms with Gasteiger partial charge in [-0.05, 0) is 43.3 Å². The summed E-state index contributed by atoms with van der Waals surface area (Å²) in [5, 5.41) is 5.52. The van der Waals surface area contributed by atoms with Crippen molar-refractivity contribution in [1.29, 1.82) is 0 Å². The van der Waals surface area contributed by atoms with Gasteiger partial charge >= 0.3 is 0 Å². The SMILES string of the molecule is COCCNCCCc1ccsc1C. The molecule has 14 heavy (non-hydrogen) atoms. The minimum atomic E-state index is 0.803. The van der Waals surface area contributed by atoms with Crippen LogP contribution in [0.3, 0.4) is 0 Å². The molecule has 0 saturated heterocycles. The van der Waals surface area contributed by atoms with Crippen LogP contribution < -0.4 is 5.32 Å². The summed E-state index contributed by atoms with van der Waals surface area (Å²) in [6, 6.07) is 2.23. The minimum absolute atomic E-state index is 0.803. The average Bonchev–Trinajstić information content (AvgIpc) is 2.58. The summed E-state index contributed by atoms with van der Waals surface area (Å²) in [5.74, 6) is 0. The highest BCUT2D eigenvalue weighted by molar-refractivity contribution is 7.10. The van der Waals surface area contributed by atoms with Crippen molar-refractivity contribution in [3.8, 4) is 0 Å². The smallest absolute Gasteiger partial charge is 0.0587 e. The number of hydrogen-bond acceptors (Lipinski definition) is 3. The maximum absolute atomic E-state index is 4.95. The Bertz CT molecular complexity index is 247. The summed E-state index contributed by atoms with van der Waals surface area (Å²) in [6.45, 7) is 5.04. The summed E-state index contributed by atoms with van der Waals surface area (Å²) in [4.78, 5) is 1.46. The van der Waals surface area contributed by atoms with Crippen molar-refractivity contribution in [2.24, 2.45) is 0 Å². The second kappa shape index (κ2) is 6.98. The Kier molecular flexibility index (Phi) is 5.83. The van der Waals surface area contributed by atoms with Crippen LogP contribution in [0.4, 0.5) is 0 Å². The van der Waals surface area contributed by atoms with E-state index in [2.05, 4.69) is 23.7 Å². The molecule has 0 spiro atoms. The summed E-state index contributed by atoms with van der Waals surface area (Å²) in [7, 11) is 1.73. The number of nitrogens with one attached hydrogen (secondary N) is 1. The molecule has 1 aromatic heterocycles. The first-order valence-electron chi connectivity index (χ1n) is 5.07. The van der Waals surface area contributed by atoms with Crippen molar-refractivity contribution in [1.82, 2.24) is 5.32 Å². The molecule has 0 aliphatic heterocycles. The van der Waals surface area contributed by atoms with Crippen LogP contribution in [-0.4, -0.2) is 26.8 Å². The van der Waals surface area contributed by atoms with E-state index in [0.29, 0.717) is 0 Å². The van der Waals surface area contributed by atoms with Gasteiger partial charge in [-0.1, -0.05) is 0 Å². The van der Waals surface area contributed by atoms with Gasteiger partial charge in [-0.3, -0.25) is 0 Å². The van der Waals surface area contributed by atoms with Gasteiger partial charge < -0.3 is 10.1 Å². The third-order valence-electron chi connectivity index (χ3n) is 2.25. The molecule has 1 aromatic rings. The molecule has 2 nitrogen and oxygen atoms in total. The highest BCUT2D eigenvalue weighted by Crippen LogP contribution is 2.16. The third kappa shape index (κ3) is 4.22. The number of methoxy groups -OCH3 is 1. The van der Waals surface area contributed by atoms with Gasteiger partial charge in [0.05, 0.1) is 6.61 Å². The van der Waals surface area contributed by atoms with E-state index in [0.717, 1.165) is 19.7 Å². The molecular weight excluding hydrogens is 194 g/mol. The van der Waals surface area contributed by atoms with E-state index in [1.807, 2.05) is 11.3 Å². The van der Waals surface area contributed by atoms with Crippen LogP contribution in [0.1, 0.15) is 16.9 Å². The van der Waals surface area contributed by atoms with Crippen LogP contribution in [0.25, 0.3) is 0 Å². The maximum atomic E-state index is 4.95. The fourth-order valence-corrected chi connectivity index (χ4v) is 2.13. The summed E-state index contributed by atoms with van der Waals surface area (Å²) < 4.78 is 4.95. The zero-order chi connectivity index (χ0) is 10.2. The number of thiophene rings is 1. The summed E-state index contributed by atoms with van der Waals surface area (Å²) >= 11 is 1.84. The second-order valence-corrected chi connectivity index (χ2v) is 4.47. The first-order chi connectivity index (χ1) is 6.84. The quantitative estimate of drug-likeness (QED) is 0.701. The van der Waals surface area contributed by atoms with Crippen LogP contribution >= 0.6 is 11.3 Å². The van der Waals surface area contributed by atoms with Gasteiger partial charge in [0.2, 0.25) is 0 Å². The van der Waals surface area contributed by atoms with Crippen LogP contribution in [-0.2, 0) is 11.2 Å². The lowest BCUT2D eigenvalue weighted by Gasteiger charge is -2.03. The lowest BCUT2D eigenvalue weighted by Crippen LogP contribution is -2.20. The molecular formula is C11H19NOS. The molecule has 0 bridgehead atoms. The van der Waals surface area contributed by atoms with Crippen molar-refractivity contribution >= 4 is 11.3 Å². The normalized spacial score (nSPS) is 10.7. The molecule has 0 aliphatic rings. The standard InChI is InChI=1S/C11H19NOS/c1-10-11(5-9-14-10)4-3-6-12-7-8-13-2/h5,9,12H,3-4,6-8H2,1-2H3. The molecule has 0 amide bonds. The van der Waals surface area contributed by atoms with Crippen molar-refractivity contribution in [2.45, 2.75) is 19.8 Å².